The van der Waals surface area contributed by atoms with Gasteiger partial charge < -0.3 is 14.8 Å². The van der Waals surface area contributed by atoms with E-state index in [1.54, 1.807) is 4.52 Å². The number of aromatic amines is 1. The van der Waals surface area contributed by atoms with Crippen molar-refractivity contribution in [1.29, 1.82) is 5.41 Å². The second-order valence-electron chi connectivity index (χ2n) is 6.58. The topological polar surface area (TPSA) is 98.8 Å². The number of aliphatic hydroxyl groups excluding tert-OH is 1. The van der Waals surface area contributed by atoms with E-state index in [-0.39, 0.29) is 13.2 Å². The van der Waals surface area contributed by atoms with Crippen molar-refractivity contribution in [2.75, 3.05) is 13.2 Å². The zero-order valence-electron chi connectivity index (χ0n) is 15.5. The van der Waals surface area contributed by atoms with Gasteiger partial charge in [-0.15, -0.1) is 5.10 Å². The molecule has 7 nitrogen and oxygen atoms in total. The molecule has 0 amide bonds. The van der Waals surface area contributed by atoms with Crippen molar-refractivity contribution in [3.8, 4) is 5.88 Å². The first-order chi connectivity index (χ1) is 13.0. The number of fused-ring (bicyclic) bond motifs is 2. The fourth-order valence-electron chi connectivity index (χ4n) is 3.32. The molecule has 0 saturated carbocycles. The molecule has 27 heavy (non-hydrogen) atoms. The highest BCUT2D eigenvalue weighted by atomic mass is 16.5. The number of hydrogen-bond acceptors (Lipinski definition) is 5. The second kappa shape index (κ2) is 6.51. The highest BCUT2D eigenvalue weighted by Crippen LogP contribution is 2.34. The van der Waals surface area contributed by atoms with Gasteiger partial charge in [0.2, 0.25) is 0 Å². The molecule has 1 aliphatic rings. The third-order valence-electron chi connectivity index (χ3n) is 4.80. The number of hydrogen-bond donors (Lipinski definition) is 3. The highest BCUT2D eigenvalue weighted by molar-refractivity contribution is 6.54. The van der Waals surface area contributed by atoms with Crippen LogP contribution in [0.4, 0.5) is 5.69 Å². The molecule has 0 aliphatic heterocycles. The maximum atomic E-state index is 9.09. The van der Waals surface area contributed by atoms with Gasteiger partial charge in [0.25, 0.3) is 5.88 Å². The molecule has 3 aromatic heterocycles. The van der Waals surface area contributed by atoms with E-state index in [0.29, 0.717) is 23.0 Å². The van der Waals surface area contributed by atoms with E-state index < -0.39 is 0 Å². The molecule has 7 heteroatoms. The number of H-pyrrole nitrogens is 1. The van der Waals surface area contributed by atoms with Crippen molar-refractivity contribution in [1.82, 2.24) is 14.6 Å². The lowest BCUT2D eigenvalue weighted by Crippen LogP contribution is -2.18. The standard InChI is InChI=1S/C20H21N5O2/c1-11-10-14(17(21)16-12(2)13(3)22-18(11)16)23-19-15-6-4-5-7-25(15)24-20(19)27-9-8-26/h4-7,10,21-22,26H,8-9H2,1-3H3. The van der Waals surface area contributed by atoms with E-state index in [9.17, 15) is 0 Å². The molecule has 0 atom stereocenters. The first kappa shape index (κ1) is 17.2. The average molecular weight is 363 g/mol. The van der Waals surface area contributed by atoms with Crippen molar-refractivity contribution in [3.05, 3.63) is 53.0 Å². The molecular formula is C20H21N5O2. The number of aliphatic imine (C=N–C) groups is 1. The third-order valence-corrected chi connectivity index (χ3v) is 4.80. The summed E-state index contributed by atoms with van der Waals surface area (Å²) in [6, 6.07) is 5.68. The van der Waals surface area contributed by atoms with Gasteiger partial charge in [-0.25, -0.2) is 9.51 Å². The Hall–Kier alpha value is -3.19. The quantitative estimate of drug-likeness (QED) is 0.664. The fourth-order valence-corrected chi connectivity index (χ4v) is 3.32. The number of ether oxygens (including phenoxy) is 1. The summed E-state index contributed by atoms with van der Waals surface area (Å²) in [5.74, 6) is 0.342. The number of aliphatic hydroxyl groups is 1. The fraction of sp³-hybridized carbons (Fsp3) is 0.250. The number of aryl methyl sites for hydroxylation is 1. The molecule has 138 valence electrons. The van der Waals surface area contributed by atoms with Crippen LogP contribution in [-0.4, -0.2) is 44.3 Å². The minimum Gasteiger partial charge on any atom is -0.473 e. The smallest absolute Gasteiger partial charge is 0.260 e. The molecule has 3 heterocycles. The van der Waals surface area contributed by atoms with Gasteiger partial charge in [0, 0.05) is 17.5 Å². The van der Waals surface area contributed by atoms with E-state index in [4.69, 9.17) is 20.2 Å². The Morgan fingerprint density at radius 2 is 2.11 bits per heavy atom. The maximum absolute atomic E-state index is 9.09. The summed E-state index contributed by atoms with van der Waals surface area (Å²) in [6.07, 6.45) is 3.72. The predicted octanol–water partition coefficient (Wildman–Crippen LogP) is 3.21. The molecule has 0 radical (unpaired) electrons. The maximum Gasteiger partial charge on any atom is 0.260 e. The van der Waals surface area contributed by atoms with Crippen LogP contribution in [0.15, 0.2) is 35.5 Å². The molecule has 4 rings (SSSR count). The molecule has 0 unspecified atom stereocenters. The molecule has 0 spiro atoms. The van der Waals surface area contributed by atoms with Gasteiger partial charge >= 0.3 is 0 Å². The molecule has 3 N–H and O–H groups in total. The number of pyridine rings is 1. The van der Waals surface area contributed by atoms with Crippen LogP contribution >= 0.6 is 0 Å². The Labute approximate surface area is 156 Å². The Morgan fingerprint density at radius 1 is 1.30 bits per heavy atom. The van der Waals surface area contributed by atoms with E-state index in [1.165, 1.54) is 0 Å². The van der Waals surface area contributed by atoms with E-state index in [1.807, 2.05) is 51.2 Å². The van der Waals surface area contributed by atoms with Crippen molar-refractivity contribution in [3.63, 3.8) is 0 Å². The normalized spacial score (nSPS) is 15.3. The largest absolute Gasteiger partial charge is 0.473 e. The van der Waals surface area contributed by atoms with Crippen LogP contribution in [0, 0.1) is 19.3 Å². The van der Waals surface area contributed by atoms with Gasteiger partial charge in [-0.2, -0.15) is 0 Å². The number of nitrogens with one attached hydrogen (secondary N) is 2. The predicted molar refractivity (Wildman–Crippen MR) is 106 cm³/mol. The van der Waals surface area contributed by atoms with Crippen molar-refractivity contribution >= 4 is 28.2 Å². The molecule has 0 bridgehead atoms. The third kappa shape index (κ3) is 2.76. The summed E-state index contributed by atoms with van der Waals surface area (Å²) in [7, 11) is 0. The Morgan fingerprint density at radius 3 is 2.89 bits per heavy atom. The number of allylic oxidation sites excluding steroid dienone is 2. The zero-order valence-corrected chi connectivity index (χ0v) is 15.5. The van der Waals surface area contributed by atoms with E-state index in [2.05, 4.69) is 10.1 Å². The van der Waals surface area contributed by atoms with Crippen LogP contribution in [0.3, 0.4) is 0 Å². The highest BCUT2D eigenvalue weighted by Gasteiger charge is 2.25. The lowest BCUT2D eigenvalue weighted by Gasteiger charge is -2.15. The lowest BCUT2D eigenvalue weighted by atomic mass is 9.92. The monoisotopic (exact) mass is 363 g/mol. The number of rotatable bonds is 4. The summed E-state index contributed by atoms with van der Waals surface area (Å²) >= 11 is 0. The minimum absolute atomic E-state index is 0.107. The Kier molecular flexibility index (Phi) is 4.16. The summed E-state index contributed by atoms with van der Waals surface area (Å²) in [5, 5.41) is 22.2. The van der Waals surface area contributed by atoms with Crippen LogP contribution < -0.4 is 4.74 Å². The van der Waals surface area contributed by atoms with Gasteiger partial charge in [0.1, 0.15) is 6.61 Å². The molecule has 3 aromatic rings. The summed E-state index contributed by atoms with van der Waals surface area (Å²) in [4.78, 5) is 8.11. The summed E-state index contributed by atoms with van der Waals surface area (Å²) < 4.78 is 7.27. The zero-order chi connectivity index (χ0) is 19.1. The van der Waals surface area contributed by atoms with Crippen LogP contribution in [0.5, 0.6) is 5.88 Å². The molecule has 1 aliphatic carbocycles. The molecule has 0 fully saturated rings. The van der Waals surface area contributed by atoms with Gasteiger partial charge in [-0.3, -0.25) is 5.41 Å². The molecule has 0 aromatic carbocycles. The molecule has 0 saturated heterocycles. The Balaban J connectivity index is 1.88. The van der Waals surface area contributed by atoms with E-state index in [0.717, 1.165) is 33.6 Å². The van der Waals surface area contributed by atoms with Crippen LogP contribution in [-0.2, 0) is 0 Å². The second-order valence-corrected chi connectivity index (χ2v) is 6.58. The Bertz CT molecular complexity index is 1120. The minimum atomic E-state index is -0.107. The number of nitrogens with zero attached hydrogens (tertiary/aromatic N) is 3. The van der Waals surface area contributed by atoms with Gasteiger partial charge in [0.05, 0.1) is 29.2 Å². The van der Waals surface area contributed by atoms with Crippen molar-refractivity contribution < 1.29 is 9.84 Å². The molecular weight excluding hydrogens is 342 g/mol. The van der Waals surface area contributed by atoms with Gasteiger partial charge in [0.15, 0.2) is 5.69 Å². The van der Waals surface area contributed by atoms with Gasteiger partial charge in [-0.1, -0.05) is 6.07 Å². The van der Waals surface area contributed by atoms with Crippen molar-refractivity contribution in [2.24, 2.45) is 4.99 Å². The van der Waals surface area contributed by atoms with Gasteiger partial charge in [-0.05, 0) is 50.1 Å². The van der Waals surface area contributed by atoms with Crippen LogP contribution in [0.2, 0.25) is 0 Å². The summed E-state index contributed by atoms with van der Waals surface area (Å²) in [6.45, 7) is 6.06. The van der Waals surface area contributed by atoms with Crippen LogP contribution in [0.1, 0.15) is 29.4 Å². The first-order valence-corrected chi connectivity index (χ1v) is 8.78. The van der Waals surface area contributed by atoms with E-state index >= 15 is 0 Å². The lowest BCUT2D eigenvalue weighted by molar-refractivity contribution is 0.197. The number of aromatic nitrogens is 3. The SMILES string of the molecule is CC1=CC(=Nc2c(OCCO)nn3ccccc23)C(=N)c2c1[nH]c(C)c2C. The van der Waals surface area contributed by atoms with Crippen molar-refractivity contribution in [2.45, 2.75) is 20.8 Å². The summed E-state index contributed by atoms with van der Waals surface area (Å²) in [5.41, 5.74) is 7.30. The van der Waals surface area contributed by atoms with Crippen LogP contribution in [0.25, 0.3) is 11.1 Å². The average Bonchev–Trinajstić information content (AvgIpc) is 3.16. The first-order valence-electron chi connectivity index (χ1n) is 8.78.